The third-order valence-electron chi connectivity index (χ3n) is 10.3. The summed E-state index contributed by atoms with van der Waals surface area (Å²) in [5, 5.41) is 0. The number of hydrogen-bond acceptors (Lipinski definition) is 3. The fraction of sp³-hybridized carbons (Fsp3) is 0.917. The molecule has 5 heteroatoms. The molecule has 5 aliphatic carbocycles. The average molecular weight is 530 g/mol. The Labute approximate surface area is 191 Å². The Hall–Kier alpha value is 0.1000. The van der Waals surface area contributed by atoms with Crippen LogP contribution >= 0.6 is 31.9 Å². The molecule has 0 aromatic heterocycles. The van der Waals surface area contributed by atoms with Crippen LogP contribution in [0.5, 0.6) is 0 Å². The van der Waals surface area contributed by atoms with E-state index in [0.29, 0.717) is 23.0 Å². The molecule has 0 N–H and O–H groups in total. The quantitative estimate of drug-likeness (QED) is 0.306. The molecule has 3 nitrogen and oxygen atoms in total. The van der Waals surface area contributed by atoms with Gasteiger partial charge in [0.1, 0.15) is 11.9 Å². The summed E-state index contributed by atoms with van der Waals surface area (Å²) in [5.74, 6) is 3.23. The lowest BCUT2D eigenvalue weighted by atomic mass is 9.45. The van der Waals surface area contributed by atoms with Crippen molar-refractivity contribution in [2.75, 3.05) is 0 Å². The van der Waals surface area contributed by atoms with Crippen LogP contribution in [0, 0.1) is 39.9 Å². The molecule has 5 fully saturated rings. The highest BCUT2D eigenvalue weighted by atomic mass is 79.9. The van der Waals surface area contributed by atoms with Crippen molar-refractivity contribution in [3.05, 3.63) is 0 Å². The molecule has 162 valence electrons. The molecule has 5 aliphatic rings. The first-order valence-corrected chi connectivity index (χ1v) is 13.2. The zero-order valence-corrected chi connectivity index (χ0v) is 21.1. The molecule has 0 saturated heterocycles. The minimum absolute atomic E-state index is 0.0331. The van der Waals surface area contributed by atoms with E-state index in [0.717, 1.165) is 50.4 Å². The van der Waals surface area contributed by atoms with Crippen molar-refractivity contribution in [3.8, 4) is 0 Å². The third-order valence-corrected chi connectivity index (χ3v) is 12.6. The molecule has 0 bridgehead atoms. The highest BCUT2D eigenvalue weighted by Gasteiger charge is 2.68. The van der Waals surface area contributed by atoms with E-state index in [2.05, 4.69) is 45.7 Å². The molecule has 5 saturated carbocycles. The summed E-state index contributed by atoms with van der Waals surface area (Å²) >= 11 is 7.20. The fourth-order valence-corrected chi connectivity index (χ4v) is 9.44. The molecular weight excluding hydrogens is 496 g/mol. The second kappa shape index (κ2) is 6.56. The number of alkyl halides is 2. The summed E-state index contributed by atoms with van der Waals surface area (Å²) in [6.45, 7) is 6.77. The van der Waals surface area contributed by atoms with Crippen molar-refractivity contribution in [3.63, 3.8) is 0 Å². The van der Waals surface area contributed by atoms with Gasteiger partial charge in [0.05, 0.1) is 8.65 Å². The smallest absolute Gasteiger partial charge is 0.314 e. The summed E-state index contributed by atoms with van der Waals surface area (Å²) in [5.41, 5.74) is -0.111. The highest BCUT2D eigenvalue weighted by molar-refractivity contribution is 9.25. The van der Waals surface area contributed by atoms with E-state index >= 15 is 0 Å². The Morgan fingerprint density at radius 1 is 1.00 bits per heavy atom. The normalized spacial score (nSPS) is 52.9. The molecule has 0 heterocycles. The van der Waals surface area contributed by atoms with Crippen LogP contribution in [0.4, 0.5) is 0 Å². The molecule has 0 amide bonds. The van der Waals surface area contributed by atoms with Crippen molar-refractivity contribution < 1.29 is 14.3 Å². The Morgan fingerprint density at radius 3 is 2.41 bits per heavy atom. The molecule has 29 heavy (non-hydrogen) atoms. The first kappa shape index (κ1) is 21.0. The van der Waals surface area contributed by atoms with Gasteiger partial charge in [-0.25, -0.2) is 0 Å². The lowest BCUT2D eigenvalue weighted by molar-refractivity contribution is -0.167. The van der Waals surface area contributed by atoms with Gasteiger partial charge in [-0.15, -0.1) is 0 Å². The van der Waals surface area contributed by atoms with E-state index in [-0.39, 0.29) is 20.7 Å². The Bertz CT molecular complexity index is 750. The summed E-state index contributed by atoms with van der Waals surface area (Å²) in [7, 11) is 0. The van der Waals surface area contributed by atoms with Gasteiger partial charge >= 0.3 is 5.97 Å². The topological polar surface area (TPSA) is 43.4 Å². The SMILES string of the molecule is C[C@]12CC[C@@H](OC(=O)[C@]3(C)CC3(Br)Br)C[C@@H]1CC[C@@H]1[C@@H]2CC[C@]2(C)C(=O)CC[C@@H]12. The zero-order chi connectivity index (χ0) is 20.8. The maximum atomic E-state index is 12.8. The first-order valence-electron chi connectivity index (χ1n) is 11.6. The summed E-state index contributed by atoms with van der Waals surface area (Å²) in [4.78, 5) is 25.3. The van der Waals surface area contributed by atoms with Crippen molar-refractivity contribution >= 4 is 43.6 Å². The third kappa shape index (κ3) is 2.91. The van der Waals surface area contributed by atoms with Crippen LogP contribution in [0.15, 0.2) is 0 Å². The molecule has 0 aromatic rings. The average Bonchev–Trinajstić information content (AvgIpc) is 3.03. The van der Waals surface area contributed by atoms with Gasteiger partial charge in [0, 0.05) is 11.8 Å². The van der Waals surface area contributed by atoms with E-state index in [1.807, 2.05) is 6.92 Å². The van der Waals surface area contributed by atoms with Gasteiger partial charge in [0.15, 0.2) is 0 Å². The number of ketones is 1. The van der Waals surface area contributed by atoms with Gasteiger partial charge < -0.3 is 4.74 Å². The predicted molar refractivity (Wildman–Crippen MR) is 120 cm³/mol. The highest BCUT2D eigenvalue weighted by Crippen LogP contribution is 2.68. The molecule has 0 unspecified atom stereocenters. The fourth-order valence-electron chi connectivity index (χ4n) is 8.00. The van der Waals surface area contributed by atoms with E-state index < -0.39 is 5.41 Å². The number of hydrogen-bond donors (Lipinski definition) is 0. The van der Waals surface area contributed by atoms with Gasteiger partial charge in [-0.05, 0) is 93.8 Å². The lowest BCUT2D eigenvalue weighted by Gasteiger charge is -2.60. The summed E-state index contributed by atoms with van der Waals surface area (Å²) < 4.78 is 5.76. The Morgan fingerprint density at radius 2 is 1.72 bits per heavy atom. The minimum atomic E-state index is -0.436. The van der Waals surface area contributed by atoms with Crippen LogP contribution in [0.2, 0.25) is 0 Å². The first-order chi connectivity index (χ1) is 13.5. The number of rotatable bonds is 2. The van der Waals surface area contributed by atoms with Crippen molar-refractivity contribution in [1.29, 1.82) is 0 Å². The molecule has 0 spiro atoms. The second-order valence-corrected chi connectivity index (χ2v) is 15.4. The summed E-state index contributed by atoms with van der Waals surface area (Å²) in [6, 6.07) is 0. The number of ether oxygens (including phenoxy) is 1. The van der Waals surface area contributed by atoms with Crippen LogP contribution in [-0.2, 0) is 14.3 Å². The predicted octanol–water partition coefficient (Wildman–Crippen LogP) is 6.41. The van der Waals surface area contributed by atoms with Gasteiger partial charge in [-0.2, -0.15) is 0 Å². The maximum absolute atomic E-state index is 12.8. The van der Waals surface area contributed by atoms with E-state index in [1.165, 1.54) is 25.7 Å². The van der Waals surface area contributed by atoms with E-state index in [1.54, 1.807) is 0 Å². The molecule has 0 radical (unpaired) electrons. The monoisotopic (exact) mass is 528 g/mol. The number of fused-ring (bicyclic) bond motifs is 5. The van der Waals surface area contributed by atoms with Crippen molar-refractivity contribution in [2.24, 2.45) is 39.9 Å². The van der Waals surface area contributed by atoms with E-state index in [4.69, 9.17) is 4.74 Å². The van der Waals surface area contributed by atoms with Crippen LogP contribution in [0.3, 0.4) is 0 Å². The molecule has 0 aromatic carbocycles. The minimum Gasteiger partial charge on any atom is -0.462 e. The van der Waals surface area contributed by atoms with Gasteiger partial charge in [0.25, 0.3) is 0 Å². The Balaban J connectivity index is 1.28. The second-order valence-electron chi connectivity index (χ2n) is 11.6. The Kier molecular flexibility index (Phi) is 4.74. The van der Waals surface area contributed by atoms with Gasteiger partial charge in [-0.1, -0.05) is 45.7 Å². The molecular formula is C24H34Br2O3. The molecule has 5 rings (SSSR count). The number of halogens is 2. The maximum Gasteiger partial charge on any atom is 0.314 e. The lowest BCUT2D eigenvalue weighted by Crippen LogP contribution is -2.54. The van der Waals surface area contributed by atoms with E-state index in [9.17, 15) is 9.59 Å². The number of Topliss-reactive ketones (excluding diaryl/α,β-unsaturated/α-hetero) is 1. The molecule has 8 atom stereocenters. The standard InChI is InChI=1S/C24H34Br2O3/c1-21-10-8-15(29-20(28)23(3)13-24(23,25)26)12-14(21)4-5-16-17-6-7-19(27)22(17,2)11-9-18(16)21/h14-18H,4-13H2,1-3H3/t14-,15+,16-,17-,18-,21-,22-,23-/m0/s1. The summed E-state index contributed by atoms with van der Waals surface area (Å²) in [6.07, 6.45) is 10.8. The zero-order valence-electron chi connectivity index (χ0n) is 17.9. The van der Waals surface area contributed by atoms with Gasteiger partial charge in [0.2, 0.25) is 0 Å². The number of carbonyl (C=O) groups excluding carboxylic acids is 2. The van der Waals surface area contributed by atoms with Crippen LogP contribution < -0.4 is 0 Å². The largest absolute Gasteiger partial charge is 0.462 e. The van der Waals surface area contributed by atoms with Crippen LogP contribution in [-0.4, -0.2) is 21.1 Å². The van der Waals surface area contributed by atoms with Crippen LogP contribution in [0.25, 0.3) is 0 Å². The van der Waals surface area contributed by atoms with Gasteiger partial charge in [-0.3, -0.25) is 9.59 Å². The number of esters is 1. The number of carbonyl (C=O) groups is 2. The van der Waals surface area contributed by atoms with Crippen molar-refractivity contribution in [1.82, 2.24) is 0 Å². The molecule has 0 aliphatic heterocycles. The van der Waals surface area contributed by atoms with Crippen LogP contribution in [0.1, 0.15) is 85.0 Å². The van der Waals surface area contributed by atoms with Crippen molar-refractivity contribution in [2.45, 2.75) is 94.3 Å².